The van der Waals surface area contributed by atoms with Crippen molar-refractivity contribution in [3.8, 4) is 0 Å². The summed E-state index contributed by atoms with van der Waals surface area (Å²) in [5.41, 5.74) is 1.53. The fraction of sp³-hybridized carbons (Fsp3) is 0.556. The number of amides is 3. The highest BCUT2D eigenvalue weighted by Crippen LogP contribution is 2.22. The summed E-state index contributed by atoms with van der Waals surface area (Å²) in [6.07, 6.45) is 3.51. The molecule has 1 aliphatic rings. The number of piperazine rings is 1. The number of carbonyl (C=O) groups excluding carboxylic acids is 3. The van der Waals surface area contributed by atoms with E-state index in [1.54, 1.807) is 20.5 Å². The zero-order chi connectivity index (χ0) is 20.1. The summed E-state index contributed by atoms with van der Waals surface area (Å²) in [6, 6.07) is 0. The second-order valence-electron chi connectivity index (χ2n) is 6.57. The third-order valence-electron chi connectivity index (χ3n) is 4.30. The van der Waals surface area contributed by atoms with Crippen molar-refractivity contribution in [2.75, 3.05) is 20.8 Å². The number of imide groups is 1. The Balaban J connectivity index is 2.32. The largest absolute Gasteiger partial charge is 0.356 e. The maximum absolute atomic E-state index is 12.5. The zero-order valence-electron chi connectivity index (χ0n) is 16.3. The lowest BCUT2D eigenvalue weighted by molar-refractivity contribution is -0.147. The molecule has 0 atom stereocenters. The van der Waals surface area contributed by atoms with E-state index in [0.717, 1.165) is 10.6 Å². The third-order valence-corrected chi connectivity index (χ3v) is 4.30. The van der Waals surface area contributed by atoms with Crippen molar-refractivity contribution in [2.45, 2.75) is 45.9 Å². The van der Waals surface area contributed by atoms with E-state index in [1.807, 2.05) is 18.4 Å². The van der Waals surface area contributed by atoms with Gasteiger partial charge in [0.25, 0.3) is 5.91 Å². The van der Waals surface area contributed by atoms with Gasteiger partial charge < -0.3 is 19.4 Å². The number of nitrogens with one attached hydrogen (secondary N) is 1. The quantitative estimate of drug-likeness (QED) is 0.558. The van der Waals surface area contributed by atoms with Gasteiger partial charge in [0.1, 0.15) is 12.2 Å². The van der Waals surface area contributed by atoms with Gasteiger partial charge in [-0.3, -0.25) is 19.3 Å². The maximum Gasteiger partial charge on any atom is 0.277 e. The van der Waals surface area contributed by atoms with E-state index in [1.165, 1.54) is 13.0 Å². The normalized spacial score (nSPS) is 16.6. The lowest BCUT2D eigenvalue weighted by atomic mass is 10.1. The molecule has 27 heavy (non-hydrogen) atoms. The molecule has 0 spiro atoms. The third kappa shape index (κ3) is 4.81. The van der Waals surface area contributed by atoms with E-state index in [9.17, 15) is 14.4 Å². The molecule has 9 nitrogen and oxygen atoms in total. The first kappa shape index (κ1) is 20.8. The Morgan fingerprint density at radius 1 is 1.33 bits per heavy atom. The molecule has 0 aromatic carbocycles. The van der Waals surface area contributed by atoms with Crippen LogP contribution >= 0.6 is 0 Å². The van der Waals surface area contributed by atoms with Crippen LogP contribution in [0.1, 0.15) is 44.5 Å². The van der Waals surface area contributed by atoms with Crippen LogP contribution in [0.3, 0.4) is 0 Å². The number of hydrogen-bond acceptors (Lipinski definition) is 6. The predicted molar refractivity (Wildman–Crippen MR) is 97.3 cm³/mol. The van der Waals surface area contributed by atoms with Crippen LogP contribution < -0.4 is 5.32 Å². The molecule has 1 aliphatic heterocycles. The highest BCUT2D eigenvalue weighted by atomic mass is 16.7. The first-order valence-corrected chi connectivity index (χ1v) is 8.73. The molecule has 0 bridgehead atoms. The Morgan fingerprint density at radius 2 is 2.00 bits per heavy atom. The molecule has 0 unspecified atom stereocenters. The van der Waals surface area contributed by atoms with Gasteiger partial charge in [-0.05, 0) is 12.0 Å². The van der Waals surface area contributed by atoms with Crippen molar-refractivity contribution in [1.29, 1.82) is 0 Å². The lowest BCUT2D eigenvalue weighted by Gasteiger charge is -2.25. The van der Waals surface area contributed by atoms with Crippen molar-refractivity contribution >= 4 is 23.8 Å². The number of carbonyl (C=O) groups is 3. The van der Waals surface area contributed by atoms with Gasteiger partial charge in [0.05, 0.1) is 12.0 Å². The predicted octanol–water partition coefficient (Wildman–Crippen LogP) is 0.861. The van der Waals surface area contributed by atoms with Crippen molar-refractivity contribution in [1.82, 2.24) is 19.8 Å². The molecule has 1 N–H and O–H groups in total. The summed E-state index contributed by atoms with van der Waals surface area (Å²) in [5, 5.41) is 2.53. The number of nitrogens with zero attached hydrogens (tertiary/aromatic N) is 3. The van der Waals surface area contributed by atoms with Crippen LogP contribution in [0.15, 0.2) is 12.0 Å². The first-order valence-electron chi connectivity index (χ1n) is 8.73. The topological polar surface area (TPSA) is 103 Å². The van der Waals surface area contributed by atoms with Crippen molar-refractivity contribution in [2.24, 2.45) is 0 Å². The number of aromatic nitrogens is 2. The Morgan fingerprint density at radius 3 is 2.56 bits per heavy atom. The van der Waals surface area contributed by atoms with E-state index >= 15 is 0 Å². The van der Waals surface area contributed by atoms with Crippen LogP contribution in [0.5, 0.6) is 0 Å². The number of hydrogen-bond donors (Lipinski definition) is 1. The van der Waals surface area contributed by atoms with Crippen molar-refractivity contribution < 1.29 is 23.9 Å². The zero-order valence-corrected chi connectivity index (χ0v) is 16.3. The molecule has 1 saturated heterocycles. The highest BCUT2D eigenvalue weighted by Gasteiger charge is 2.31. The Labute approximate surface area is 158 Å². The average molecular weight is 378 g/mol. The van der Waals surface area contributed by atoms with E-state index in [4.69, 9.17) is 9.47 Å². The molecular weight excluding hydrogens is 352 g/mol. The molecule has 1 aromatic rings. The van der Waals surface area contributed by atoms with Crippen LogP contribution in [0, 0.1) is 0 Å². The van der Waals surface area contributed by atoms with Crippen molar-refractivity contribution in [3.05, 3.63) is 23.4 Å². The standard InChI is InChI=1S/C18H26N4O5/c1-11(2)17-13(19-10-21(17)7-6-16(26-4)27-5)8-14-18(25)22(12(3)23)9-15(24)20-14/h8,10-11,16H,6-7,9H2,1-5H3,(H,20,24)/b14-8-. The van der Waals surface area contributed by atoms with Crippen molar-refractivity contribution in [3.63, 3.8) is 0 Å². The molecular formula is C18H26N4O5. The van der Waals surface area contributed by atoms with Gasteiger partial charge in [0, 0.05) is 39.8 Å². The van der Waals surface area contributed by atoms with Gasteiger partial charge in [-0.25, -0.2) is 4.98 Å². The Hall–Kier alpha value is -2.52. The van der Waals surface area contributed by atoms with Gasteiger partial charge in [0.2, 0.25) is 11.8 Å². The van der Waals surface area contributed by atoms with Crippen LogP contribution in [0.2, 0.25) is 0 Å². The van der Waals surface area contributed by atoms with Gasteiger partial charge in [-0.1, -0.05) is 13.8 Å². The fourth-order valence-corrected chi connectivity index (χ4v) is 2.99. The molecule has 1 aromatic heterocycles. The van der Waals surface area contributed by atoms with E-state index in [-0.39, 0.29) is 24.4 Å². The Bertz CT molecular complexity index is 749. The van der Waals surface area contributed by atoms with E-state index in [0.29, 0.717) is 18.7 Å². The number of imidazole rings is 1. The first-order chi connectivity index (χ1) is 12.8. The molecule has 0 aliphatic carbocycles. The monoisotopic (exact) mass is 378 g/mol. The molecule has 9 heteroatoms. The van der Waals surface area contributed by atoms with Crippen LogP contribution in [0.25, 0.3) is 6.08 Å². The molecule has 0 radical (unpaired) electrons. The molecule has 2 rings (SSSR count). The minimum absolute atomic E-state index is 0.0419. The van der Waals surface area contributed by atoms with Crippen LogP contribution in [-0.2, 0) is 30.4 Å². The van der Waals surface area contributed by atoms with E-state index < -0.39 is 17.7 Å². The maximum atomic E-state index is 12.5. The lowest BCUT2D eigenvalue weighted by Crippen LogP contribution is -2.51. The summed E-state index contributed by atoms with van der Waals surface area (Å²) in [7, 11) is 3.17. The van der Waals surface area contributed by atoms with Crippen LogP contribution in [-0.4, -0.2) is 59.2 Å². The number of rotatable bonds is 7. The van der Waals surface area contributed by atoms with Gasteiger partial charge in [0.15, 0.2) is 6.29 Å². The van der Waals surface area contributed by atoms with Gasteiger partial charge in [-0.15, -0.1) is 0 Å². The number of aryl methyl sites for hydroxylation is 1. The summed E-state index contributed by atoms with van der Waals surface area (Å²) in [6.45, 7) is 5.64. The number of ether oxygens (including phenoxy) is 2. The second-order valence-corrected chi connectivity index (χ2v) is 6.57. The average Bonchev–Trinajstić information content (AvgIpc) is 3.01. The molecule has 0 saturated carbocycles. The number of methoxy groups -OCH3 is 2. The van der Waals surface area contributed by atoms with Crippen LogP contribution in [0.4, 0.5) is 0 Å². The summed E-state index contributed by atoms with van der Waals surface area (Å²) in [4.78, 5) is 41.2. The minimum Gasteiger partial charge on any atom is -0.356 e. The summed E-state index contributed by atoms with van der Waals surface area (Å²) >= 11 is 0. The second kappa shape index (κ2) is 8.92. The van der Waals surface area contributed by atoms with Gasteiger partial charge >= 0.3 is 0 Å². The summed E-state index contributed by atoms with van der Waals surface area (Å²) < 4.78 is 12.4. The van der Waals surface area contributed by atoms with E-state index in [2.05, 4.69) is 10.3 Å². The Kier molecular flexibility index (Phi) is 6.86. The SMILES string of the molecule is COC(CCn1cnc(/C=C2\NC(=O)CN(C(C)=O)C2=O)c1C(C)C)OC. The summed E-state index contributed by atoms with van der Waals surface area (Å²) in [5.74, 6) is -1.29. The highest BCUT2D eigenvalue weighted by molar-refractivity contribution is 6.12. The minimum atomic E-state index is -0.537. The smallest absolute Gasteiger partial charge is 0.277 e. The molecule has 2 heterocycles. The fourth-order valence-electron chi connectivity index (χ4n) is 2.99. The molecule has 1 fully saturated rings. The van der Waals surface area contributed by atoms with Gasteiger partial charge in [-0.2, -0.15) is 0 Å². The molecule has 3 amide bonds. The molecule has 148 valence electrons.